The summed E-state index contributed by atoms with van der Waals surface area (Å²) in [6, 6.07) is 17.4. The Morgan fingerprint density at radius 2 is 1.76 bits per heavy atom. The molecule has 0 saturated heterocycles. The predicted octanol–water partition coefficient (Wildman–Crippen LogP) is 2.72. The van der Waals surface area contributed by atoms with Crippen molar-refractivity contribution in [2.75, 3.05) is 12.9 Å². The molecule has 0 bridgehead atoms. The summed E-state index contributed by atoms with van der Waals surface area (Å²) in [5, 5.41) is 10.1. The smallest absolute Gasteiger partial charge is 0.132 e. The van der Waals surface area contributed by atoms with Gasteiger partial charge in [0.2, 0.25) is 0 Å². The van der Waals surface area contributed by atoms with E-state index >= 15 is 0 Å². The summed E-state index contributed by atoms with van der Waals surface area (Å²) in [6.07, 6.45) is 1.94. The Balaban J connectivity index is 1.87. The molecule has 112 valence electrons. The van der Waals surface area contributed by atoms with E-state index in [0.29, 0.717) is 6.42 Å². The van der Waals surface area contributed by atoms with Crippen LogP contribution in [0.4, 0.5) is 0 Å². The summed E-state index contributed by atoms with van der Waals surface area (Å²) >= 11 is 1.62. The molecular formula is C17H21NO2S. The monoisotopic (exact) mass is 303 g/mol. The van der Waals surface area contributed by atoms with E-state index in [-0.39, 0.29) is 12.6 Å². The molecule has 2 atom stereocenters. The van der Waals surface area contributed by atoms with E-state index in [4.69, 9.17) is 10.5 Å². The molecule has 2 aromatic rings. The maximum Gasteiger partial charge on any atom is 0.132 e. The molecule has 2 aromatic carbocycles. The van der Waals surface area contributed by atoms with Crippen LogP contribution >= 0.6 is 11.8 Å². The normalized spacial score (nSPS) is 13.7. The van der Waals surface area contributed by atoms with Gasteiger partial charge in [0, 0.05) is 10.9 Å². The van der Waals surface area contributed by atoms with Gasteiger partial charge >= 0.3 is 0 Å². The van der Waals surface area contributed by atoms with Gasteiger partial charge in [0.25, 0.3) is 0 Å². The van der Waals surface area contributed by atoms with E-state index in [0.717, 1.165) is 16.2 Å². The fourth-order valence-corrected chi connectivity index (χ4v) is 2.60. The number of ether oxygens (including phenoxy) is 1. The lowest BCUT2D eigenvalue weighted by atomic mass is 10.0. The Kier molecular flexibility index (Phi) is 6.11. The van der Waals surface area contributed by atoms with Crippen LogP contribution < -0.4 is 10.5 Å². The van der Waals surface area contributed by atoms with Gasteiger partial charge in [0.15, 0.2) is 0 Å². The van der Waals surface area contributed by atoms with Crippen LogP contribution in [0.2, 0.25) is 0 Å². The van der Waals surface area contributed by atoms with Crippen molar-refractivity contribution in [1.29, 1.82) is 0 Å². The topological polar surface area (TPSA) is 55.5 Å². The largest absolute Gasteiger partial charge is 0.490 e. The lowest BCUT2D eigenvalue weighted by Crippen LogP contribution is -2.40. The zero-order chi connectivity index (χ0) is 15.1. The fourth-order valence-electron chi connectivity index (χ4n) is 2.06. The molecule has 21 heavy (non-hydrogen) atoms. The molecule has 3 N–H and O–H groups in total. The summed E-state index contributed by atoms with van der Waals surface area (Å²) in [4.78, 5) is 1.06. The minimum atomic E-state index is -0.694. The number of hydrogen-bond donors (Lipinski definition) is 2. The van der Waals surface area contributed by atoms with Crippen molar-refractivity contribution in [2.24, 2.45) is 5.73 Å². The van der Waals surface area contributed by atoms with Crippen molar-refractivity contribution in [3.8, 4) is 5.75 Å². The third-order valence-electron chi connectivity index (χ3n) is 3.29. The highest BCUT2D eigenvalue weighted by Gasteiger charge is 2.16. The fraction of sp³-hybridized carbons (Fsp3) is 0.294. The van der Waals surface area contributed by atoms with Gasteiger partial charge in [-0.25, -0.2) is 0 Å². The van der Waals surface area contributed by atoms with Crippen LogP contribution in [0.25, 0.3) is 0 Å². The number of nitrogens with two attached hydrogens (primary N) is 1. The van der Waals surface area contributed by atoms with Crippen molar-refractivity contribution >= 4 is 11.8 Å². The third-order valence-corrected chi connectivity index (χ3v) is 4.06. The Hall–Kier alpha value is -1.49. The molecule has 0 aromatic heterocycles. The second-order valence-corrected chi connectivity index (χ2v) is 5.73. The molecule has 0 aliphatic carbocycles. The highest BCUT2D eigenvalue weighted by Crippen LogP contribution is 2.27. The first-order chi connectivity index (χ1) is 10.2. The SMILES string of the molecule is CSc1ccccc1OCC(O)C(N)Cc1ccccc1. The highest BCUT2D eigenvalue weighted by atomic mass is 32.2. The van der Waals surface area contributed by atoms with Crippen LogP contribution in [0.3, 0.4) is 0 Å². The second kappa shape index (κ2) is 8.08. The number of aliphatic hydroxyl groups excluding tert-OH is 1. The van der Waals surface area contributed by atoms with Crippen LogP contribution in [-0.2, 0) is 6.42 Å². The minimum Gasteiger partial charge on any atom is -0.490 e. The molecule has 0 radical (unpaired) electrons. The van der Waals surface area contributed by atoms with Crippen LogP contribution in [0.1, 0.15) is 5.56 Å². The Morgan fingerprint density at radius 1 is 1.10 bits per heavy atom. The number of benzene rings is 2. The van der Waals surface area contributed by atoms with E-state index in [9.17, 15) is 5.11 Å². The van der Waals surface area contributed by atoms with Gasteiger partial charge in [-0.15, -0.1) is 11.8 Å². The van der Waals surface area contributed by atoms with Gasteiger partial charge in [-0.2, -0.15) is 0 Å². The van der Waals surface area contributed by atoms with Gasteiger partial charge < -0.3 is 15.6 Å². The minimum absolute atomic E-state index is 0.200. The van der Waals surface area contributed by atoms with Gasteiger partial charge in [0.05, 0.1) is 0 Å². The molecule has 0 heterocycles. The highest BCUT2D eigenvalue weighted by molar-refractivity contribution is 7.98. The number of hydrogen-bond acceptors (Lipinski definition) is 4. The van der Waals surface area contributed by atoms with E-state index in [1.807, 2.05) is 60.9 Å². The van der Waals surface area contributed by atoms with Crippen LogP contribution in [0.5, 0.6) is 5.75 Å². The molecule has 0 spiro atoms. The van der Waals surface area contributed by atoms with E-state index in [1.165, 1.54) is 0 Å². The molecule has 3 nitrogen and oxygen atoms in total. The molecular weight excluding hydrogens is 282 g/mol. The Morgan fingerprint density at radius 3 is 2.48 bits per heavy atom. The molecule has 0 fully saturated rings. The number of aliphatic hydroxyl groups is 1. The lowest BCUT2D eigenvalue weighted by Gasteiger charge is -2.20. The number of rotatable bonds is 7. The van der Waals surface area contributed by atoms with Gasteiger partial charge in [-0.05, 0) is 30.4 Å². The summed E-state index contributed by atoms with van der Waals surface area (Å²) in [5.74, 6) is 0.788. The Bertz CT molecular complexity index is 547. The third kappa shape index (κ3) is 4.77. The Labute approximate surface area is 130 Å². The first-order valence-electron chi connectivity index (χ1n) is 6.94. The first-order valence-corrected chi connectivity index (χ1v) is 8.16. The van der Waals surface area contributed by atoms with E-state index in [2.05, 4.69) is 0 Å². The van der Waals surface area contributed by atoms with Gasteiger partial charge in [-0.1, -0.05) is 42.5 Å². The van der Waals surface area contributed by atoms with Crippen molar-refractivity contribution in [3.05, 3.63) is 60.2 Å². The summed E-state index contributed by atoms with van der Waals surface area (Å²) in [7, 11) is 0. The summed E-state index contributed by atoms with van der Waals surface area (Å²) < 4.78 is 5.70. The molecule has 4 heteroatoms. The molecule has 0 aliphatic heterocycles. The second-order valence-electron chi connectivity index (χ2n) is 4.88. The van der Waals surface area contributed by atoms with E-state index in [1.54, 1.807) is 11.8 Å². The average molecular weight is 303 g/mol. The zero-order valence-corrected chi connectivity index (χ0v) is 12.9. The first kappa shape index (κ1) is 15.9. The summed E-state index contributed by atoms with van der Waals surface area (Å²) in [5.41, 5.74) is 7.17. The average Bonchev–Trinajstić information content (AvgIpc) is 2.53. The number of para-hydroxylation sites is 1. The molecule has 0 saturated carbocycles. The van der Waals surface area contributed by atoms with Crippen LogP contribution in [-0.4, -0.2) is 30.1 Å². The van der Waals surface area contributed by atoms with Crippen molar-refractivity contribution in [1.82, 2.24) is 0 Å². The van der Waals surface area contributed by atoms with Gasteiger partial charge in [0.1, 0.15) is 18.5 Å². The standard InChI is InChI=1S/C17H21NO2S/c1-21-17-10-6-5-9-16(17)20-12-15(19)14(18)11-13-7-3-2-4-8-13/h2-10,14-15,19H,11-12,18H2,1H3. The molecule has 2 rings (SSSR count). The maximum absolute atomic E-state index is 10.1. The lowest BCUT2D eigenvalue weighted by molar-refractivity contribution is 0.0839. The summed E-state index contributed by atoms with van der Waals surface area (Å²) in [6.45, 7) is 0.200. The van der Waals surface area contributed by atoms with E-state index < -0.39 is 6.10 Å². The quantitative estimate of drug-likeness (QED) is 0.772. The zero-order valence-electron chi connectivity index (χ0n) is 12.1. The van der Waals surface area contributed by atoms with Gasteiger partial charge in [-0.3, -0.25) is 0 Å². The maximum atomic E-state index is 10.1. The molecule has 2 unspecified atom stereocenters. The van der Waals surface area contributed by atoms with Crippen molar-refractivity contribution < 1.29 is 9.84 Å². The van der Waals surface area contributed by atoms with Crippen molar-refractivity contribution in [2.45, 2.75) is 23.5 Å². The molecule has 0 aliphatic rings. The molecule has 0 amide bonds. The predicted molar refractivity (Wildman–Crippen MR) is 87.8 cm³/mol. The van der Waals surface area contributed by atoms with Crippen molar-refractivity contribution in [3.63, 3.8) is 0 Å². The number of thioether (sulfide) groups is 1. The van der Waals surface area contributed by atoms with Crippen LogP contribution in [0.15, 0.2) is 59.5 Å². The van der Waals surface area contributed by atoms with Crippen LogP contribution in [0, 0.1) is 0 Å².